The monoisotopic (exact) mass is 452 g/mol. The van der Waals surface area contributed by atoms with E-state index in [1.54, 1.807) is 12.3 Å². The maximum atomic E-state index is 12.4. The normalized spacial score (nSPS) is 15.4. The lowest BCUT2D eigenvalue weighted by molar-refractivity contribution is -0.0501. The fourth-order valence-electron chi connectivity index (χ4n) is 1.59. The van der Waals surface area contributed by atoms with E-state index in [0.717, 1.165) is 15.3 Å². The molecular weight excluding hydrogens is 444 g/mol. The van der Waals surface area contributed by atoms with Gasteiger partial charge in [0, 0.05) is 5.56 Å². The first-order valence-corrected chi connectivity index (χ1v) is 9.17. The second-order valence-electron chi connectivity index (χ2n) is 3.95. The van der Waals surface area contributed by atoms with Crippen molar-refractivity contribution in [2.24, 2.45) is 0 Å². The van der Waals surface area contributed by atoms with Gasteiger partial charge in [0.2, 0.25) is 5.88 Å². The average Bonchev–Trinajstić information content (AvgIpc) is 2.36. The molecule has 5 nitrogen and oxygen atoms in total. The van der Waals surface area contributed by atoms with Crippen molar-refractivity contribution < 1.29 is 25.8 Å². The molecule has 1 aromatic heterocycles. The standard InChI is InChI=1S/C10H8F3IN2O3S2/c1-20-9-15-7-4-5(14)2-3-6(7)8(16-9)19-21(17,18)10(11,12)13/h4H,2-3H2,1H3. The van der Waals surface area contributed by atoms with Crippen LogP contribution in [0.25, 0.3) is 6.08 Å². The van der Waals surface area contributed by atoms with E-state index in [2.05, 4.69) is 36.7 Å². The van der Waals surface area contributed by atoms with E-state index in [-0.39, 0.29) is 10.7 Å². The highest BCUT2D eigenvalue weighted by Crippen LogP contribution is 2.35. The smallest absolute Gasteiger partial charge is 0.355 e. The number of rotatable bonds is 3. The van der Waals surface area contributed by atoms with Crippen molar-refractivity contribution in [2.45, 2.75) is 23.5 Å². The van der Waals surface area contributed by atoms with Gasteiger partial charge in [-0.3, -0.25) is 0 Å². The Morgan fingerprint density at radius 2 is 2.00 bits per heavy atom. The van der Waals surface area contributed by atoms with Crippen molar-refractivity contribution in [2.75, 3.05) is 6.26 Å². The van der Waals surface area contributed by atoms with Crippen molar-refractivity contribution >= 4 is 50.5 Å². The van der Waals surface area contributed by atoms with Crippen molar-refractivity contribution in [1.82, 2.24) is 9.97 Å². The van der Waals surface area contributed by atoms with Crippen molar-refractivity contribution in [1.29, 1.82) is 0 Å². The zero-order valence-electron chi connectivity index (χ0n) is 10.4. The second-order valence-corrected chi connectivity index (χ2v) is 7.65. The van der Waals surface area contributed by atoms with Gasteiger partial charge in [-0.25, -0.2) is 4.98 Å². The largest absolute Gasteiger partial charge is 0.534 e. The topological polar surface area (TPSA) is 69.2 Å². The van der Waals surface area contributed by atoms with E-state index in [0.29, 0.717) is 18.5 Å². The van der Waals surface area contributed by atoms with Crippen LogP contribution in [0.1, 0.15) is 17.7 Å². The summed E-state index contributed by atoms with van der Waals surface area (Å²) < 4.78 is 64.7. The molecule has 116 valence electrons. The molecule has 0 radical (unpaired) electrons. The van der Waals surface area contributed by atoms with Crippen LogP contribution in [0.15, 0.2) is 8.74 Å². The lowest BCUT2D eigenvalue weighted by atomic mass is 10.0. The molecule has 0 saturated heterocycles. The van der Waals surface area contributed by atoms with Crippen molar-refractivity contribution in [3.05, 3.63) is 14.8 Å². The molecule has 1 heterocycles. The van der Waals surface area contributed by atoms with Crippen LogP contribution >= 0.6 is 34.4 Å². The number of fused-ring (bicyclic) bond motifs is 1. The molecule has 0 aliphatic heterocycles. The summed E-state index contributed by atoms with van der Waals surface area (Å²) in [5.74, 6) is -0.554. The average molecular weight is 452 g/mol. The van der Waals surface area contributed by atoms with E-state index in [4.69, 9.17) is 0 Å². The van der Waals surface area contributed by atoms with Gasteiger partial charge in [0.25, 0.3) is 0 Å². The summed E-state index contributed by atoms with van der Waals surface area (Å²) in [6, 6.07) is 0. The van der Waals surface area contributed by atoms with E-state index >= 15 is 0 Å². The van der Waals surface area contributed by atoms with Gasteiger partial charge in [0.15, 0.2) is 5.16 Å². The number of alkyl halides is 3. The van der Waals surface area contributed by atoms with Crippen LogP contribution < -0.4 is 4.18 Å². The summed E-state index contributed by atoms with van der Waals surface area (Å²) in [7, 11) is -5.74. The molecule has 0 amide bonds. The Balaban J connectivity index is 2.52. The van der Waals surface area contributed by atoms with E-state index in [1.807, 2.05) is 0 Å². The highest BCUT2D eigenvalue weighted by Gasteiger charge is 2.49. The van der Waals surface area contributed by atoms with Gasteiger partial charge in [-0.15, -0.1) is 0 Å². The first-order chi connectivity index (χ1) is 9.64. The van der Waals surface area contributed by atoms with Gasteiger partial charge >= 0.3 is 15.6 Å². The fraction of sp³-hybridized carbons (Fsp3) is 0.400. The lowest BCUT2D eigenvalue weighted by Crippen LogP contribution is -2.29. The molecule has 0 spiro atoms. The molecule has 0 atom stereocenters. The summed E-state index contributed by atoms with van der Waals surface area (Å²) in [5, 5.41) is 0.142. The van der Waals surface area contributed by atoms with E-state index in [9.17, 15) is 21.6 Å². The number of hydrogen-bond acceptors (Lipinski definition) is 6. The van der Waals surface area contributed by atoms with Crippen molar-refractivity contribution in [3.8, 4) is 5.88 Å². The van der Waals surface area contributed by atoms with Crippen LogP contribution in [0.5, 0.6) is 5.88 Å². The number of halogens is 4. The molecule has 0 aromatic carbocycles. The number of thioether (sulfide) groups is 1. The molecule has 1 aromatic rings. The summed E-state index contributed by atoms with van der Waals surface area (Å²) in [6.45, 7) is 0. The Labute approximate surface area is 136 Å². The molecule has 2 rings (SSSR count). The fourth-order valence-corrected chi connectivity index (χ4v) is 2.96. The molecular formula is C10H8F3IN2O3S2. The third kappa shape index (κ3) is 3.62. The molecule has 0 N–H and O–H groups in total. The van der Waals surface area contributed by atoms with Gasteiger partial charge in [-0.05, 0) is 51.3 Å². The quantitative estimate of drug-likeness (QED) is 0.231. The third-order valence-corrected chi connectivity index (χ3v) is 4.89. The minimum absolute atomic E-state index is 0.142. The van der Waals surface area contributed by atoms with Crippen LogP contribution in [-0.2, 0) is 16.5 Å². The van der Waals surface area contributed by atoms with E-state index in [1.165, 1.54) is 0 Å². The highest BCUT2D eigenvalue weighted by atomic mass is 127. The number of hydrogen-bond donors (Lipinski definition) is 0. The Morgan fingerprint density at radius 3 is 2.57 bits per heavy atom. The molecule has 0 bridgehead atoms. The van der Waals surface area contributed by atoms with E-state index < -0.39 is 21.5 Å². The first-order valence-electron chi connectivity index (χ1n) is 5.46. The van der Waals surface area contributed by atoms with Crippen LogP contribution in [0.2, 0.25) is 0 Å². The predicted molar refractivity (Wildman–Crippen MR) is 79.7 cm³/mol. The summed E-state index contributed by atoms with van der Waals surface area (Å²) >= 11 is 3.17. The summed E-state index contributed by atoms with van der Waals surface area (Å²) in [6.07, 6.45) is 4.19. The molecule has 0 unspecified atom stereocenters. The predicted octanol–water partition coefficient (Wildman–Crippen LogP) is 3.15. The maximum Gasteiger partial charge on any atom is 0.534 e. The SMILES string of the molecule is CSc1nc2c(c(OS(=O)(=O)C(F)(F)F)n1)CCC(I)=C2. The van der Waals surface area contributed by atoms with Crippen molar-refractivity contribution in [3.63, 3.8) is 0 Å². The Kier molecular flexibility index (Phi) is 4.73. The molecule has 1 aliphatic carbocycles. The highest BCUT2D eigenvalue weighted by molar-refractivity contribution is 14.1. The molecule has 0 saturated carbocycles. The minimum atomic E-state index is -5.74. The Morgan fingerprint density at radius 1 is 1.33 bits per heavy atom. The molecule has 21 heavy (non-hydrogen) atoms. The summed E-state index contributed by atoms with van der Waals surface area (Å²) in [5.41, 5.74) is -4.85. The number of nitrogens with zero attached hydrogens (tertiary/aromatic N) is 2. The lowest BCUT2D eigenvalue weighted by Gasteiger charge is -2.17. The van der Waals surface area contributed by atoms with Gasteiger partial charge in [0.1, 0.15) is 0 Å². The third-order valence-electron chi connectivity index (χ3n) is 2.54. The van der Waals surface area contributed by atoms with Crippen LogP contribution in [-0.4, -0.2) is 30.1 Å². The van der Waals surface area contributed by atoms with Gasteiger partial charge in [-0.1, -0.05) is 11.8 Å². The maximum absolute atomic E-state index is 12.4. The molecule has 1 aliphatic rings. The van der Waals surface area contributed by atoms with Gasteiger partial charge in [0.05, 0.1) is 5.69 Å². The van der Waals surface area contributed by atoms with Crippen LogP contribution in [0.4, 0.5) is 13.2 Å². The zero-order chi connectivity index (χ0) is 15.8. The van der Waals surface area contributed by atoms with Crippen LogP contribution in [0.3, 0.4) is 0 Å². The Hall–Kier alpha value is -0.560. The summed E-state index contributed by atoms with van der Waals surface area (Å²) in [4.78, 5) is 7.90. The Bertz CT molecular complexity index is 704. The van der Waals surface area contributed by atoms with Gasteiger partial charge in [-0.2, -0.15) is 26.6 Å². The number of aromatic nitrogens is 2. The van der Waals surface area contributed by atoms with Crippen LogP contribution in [0, 0.1) is 0 Å². The molecule has 0 fully saturated rings. The number of allylic oxidation sites excluding steroid dienone is 1. The first kappa shape index (κ1) is 16.8. The van der Waals surface area contributed by atoms with Gasteiger partial charge < -0.3 is 4.18 Å². The zero-order valence-corrected chi connectivity index (χ0v) is 14.2. The minimum Gasteiger partial charge on any atom is -0.355 e. The second kappa shape index (κ2) is 5.91. The molecule has 11 heteroatoms.